The zero-order valence-corrected chi connectivity index (χ0v) is 25.2. The highest BCUT2D eigenvalue weighted by Crippen LogP contribution is 2.34. The van der Waals surface area contributed by atoms with E-state index in [2.05, 4.69) is 10.3 Å². The molecule has 1 saturated heterocycles. The Morgan fingerprint density at radius 3 is 2.33 bits per heavy atom. The molecule has 10 nitrogen and oxygen atoms in total. The van der Waals surface area contributed by atoms with Gasteiger partial charge in [-0.2, -0.15) is 0 Å². The number of nitrogens with one attached hydrogen (secondary N) is 1. The highest BCUT2D eigenvalue weighted by Gasteiger charge is 2.32. The van der Waals surface area contributed by atoms with Crippen molar-refractivity contribution in [2.45, 2.75) is 39.2 Å². The summed E-state index contributed by atoms with van der Waals surface area (Å²) in [6.45, 7) is 6.51. The fraction of sp³-hybridized carbons (Fsp3) is 0.367. The number of amides is 3. The van der Waals surface area contributed by atoms with Crippen molar-refractivity contribution < 1.29 is 23.9 Å². The quantitative estimate of drug-likeness (QED) is 0.310. The van der Waals surface area contributed by atoms with Crippen LogP contribution in [0.2, 0.25) is 10.0 Å². The number of aldehydes is 1. The number of hydrogen-bond donors (Lipinski definition) is 1. The molecule has 3 amide bonds. The van der Waals surface area contributed by atoms with Crippen molar-refractivity contribution in [1.82, 2.24) is 19.4 Å². The number of carbonyl (C=O) groups is 4. The average Bonchev–Trinajstić information content (AvgIpc) is 3.31. The fourth-order valence-corrected chi connectivity index (χ4v) is 5.20. The van der Waals surface area contributed by atoms with Crippen molar-refractivity contribution in [1.29, 1.82) is 0 Å². The zero-order valence-electron chi connectivity index (χ0n) is 23.7. The summed E-state index contributed by atoms with van der Waals surface area (Å²) < 4.78 is 7.09. The third kappa shape index (κ3) is 7.30. The van der Waals surface area contributed by atoms with Crippen LogP contribution in [0.5, 0.6) is 0 Å². The SMILES string of the molecule is CC(C)(C)OC(=O)N1CCC(CN(CC=O)C(=O)c2c(NC=O)nc(-c3ccccc3Cl)n2-c2ccc(Cl)cc2)CC1. The molecule has 1 aromatic heterocycles. The summed E-state index contributed by atoms with van der Waals surface area (Å²) in [4.78, 5) is 57.8. The Balaban J connectivity index is 1.69. The smallest absolute Gasteiger partial charge is 0.410 e. The Hall–Kier alpha value is -3.89. The van der Waals surface area contributed by atoms with Crippen LogP contribution in [0.4, 0.5) is 10.6 Å². The molecule has 0 radical (unpaired) electrons. The molecular formula is C30H33Cl2N5O5. The Kier molecular flexibility index (Phi) is 9.90. The third-order valence-electron chi connectivity index (χ3n) is 6.80. The Bertz CT molecular complexity index is 1440. The zero-order chi connectivity index (χ0) is 30.4. The number of piperidine rings is 1. The second-order valence-electron chi connectivity index (χ2n) is 11.0. The number of nitrogens with zero attached hydrogens (tertiary/aromatic N) is 4. The van der Waals surface area contributed by atoms with E-state index in [0.717, 1.165) is 0 Å². The summed E-state index contributed by atoms with van der Waals surface area (Å²) >= 11 is 12.7. The highest BCUT2D eigenvalue weighted by molar-refractivity contribution is 6.33. The molecule has 1 aliphatic heterocycles. The fourth-order valence-electron chi connectivity index (χ4n) is 4.86. The van der Waals surface area contributed by atoms with E-state index in [1.54, 1.807) is 58.0 Å². The van der Waals surface area contributed by atoms with E-state index >= 15 is 0 Å². The molecule has 1 fully saturated rings. The number of ether oxygens (including phenoxy) is 1. The van der Waals surface area contributed by atoms with Gasteiger partial charge in [-0.25, -0.2) is 9.78 Å². The second kappa shape index (κ2) is 13.4. The van der Waals surface area contributed by atoms with Crippen LogP contribution in [0, 0.1) is 5.92 Å². The van der Waals surface area contributed by atoms with Crippen LogP contribution in [-0.4, -0.2) is 75.8 Å². The second-order valence-corrected chi connectivity index (χ2v) is 11.8. The van der Waals surface area contributed by atoms with Crippen molar-refractivity contribution in [3.63, 3.8) is 0 Å². The van der Waals surface area contributed by atoms with Crippen molar-refractivity contribution in [3.8, 4) is 17.1 Å². The van der Waals surface area contributed by atoms with Crippen LogP contribution in [0.15, 0.2) is 48.5 Å². The van der Waals surface area contributed by atoms with Gasteiger partial charge < -0.3 is 24.6 Å². The van der Waals surface area contributed by atoms with E-state index in [4.69, 9.17) is 27.9 Å². The molecule has 222 valence electrons. The highest BCUT2D eigenvalue weighted by atomic mass is 35.5. The summed E-state index contributed by atoms with van der Waals surface area (Å²) in [5.74, 6) is -0.116. The van der Waals surface area contributed by atoms with Crippen LogP contribution in [0.25, 0.3) is 17.1 Å². The van der Waals surface area contributed by atoms with Gasteiger partial charge in [-0.05, 0) is 75.9 Å². The number of anilines is 1. The summed E-state index contributed by atoms with van der Waals surface area (Å²) in [5, 5.41) is 3.45. The standard InChI is InChI=1S/C30H33Cl2N5O5/c1-30(2,3)42-29(41)35-14-12-20(13-15-35)18-36(16-17-38)28(40)25-26(33-19-39)34-27(23-6-4-5-7-24(23)32)37(25)22-10-8-21(31)9-11-22/h4-11,17,19-20H,12-16,18H2,1-3H3,(H,33,39). The number of imidazole rings is 1. The lowest BCUT2D eigenvalue weighted by Gasteiger charge is -2.35. The van der Waals surface area contributed by atoms with E-state index in [-0.39, 0.29) is 36.6 Å². The van der Waals surface area contributed by atoms with E-state index < -0.39 is 11.5 Å². The van der Waals surface area contributed by atoms with E-state index in [1.165, 1.54) is 4.90 Å². The van der Waals surface area contributed by atoms with Gasteiger partial charge >= 0.3 is 6.09 Å². The third-order valence-corrected chi connectivity index (χ3v) is 7.38. The number of halogens is 2. The molecular weight excluding hydrogens is 581 g/mol. The average molecular weight is 615 g/mol. The Morgan fingerprint density at radius 2 is 1.74 bits per heavy atom. The topological polar surface area (TPSA) is 114 Å². The minimum absolute atomic E-state index is 0.0236. The number of aromatic nitrogens is 2. The van der Waals surface area contributed by atoms with Gasteiger partial charge in [0.1, 0.15) is 17.7 Å². The van der Waals surface area contributed by atoms with Crippen molar-refractivity contribution >= 4 is 53.7 Å². The number of likely N-dealkylation sites (tertiary alicyclic amines) is 1. The predicted molar refractivity (Wildman–Crippen MR) is 161 cm³/mol. The number of rotatable bonds is 9. The number of benzene rings is 2. The first-order valence-corrected chi connectivity index (χ1v) is 14.3. The normalized spacial score (nSPS) is 13.9. The molecule has 0 aliphatic carbocycles. The lowest BCUT2D eigenvalue weighted by atomic mass is 9.96. The van der Waals surface area contributed by atoms with Gasteiger partial charge in [0.2, 0.25) is 6.41 Å². The summed E-state index contributed by atoms with van der Waals surface area (Å²) in [6, 6.07) is 13.8. The van der Waals surface area contributed by atoms with Crippen LogP contribution < -0.4 is 5.32 Å². The maximum atomic E-state index is 14.2. The summed E-state index contributed by atoms with van der Waals surface area (Å²) in [6.07, 6.45) is 1.99. The van der Waals surface area contributed by atoms with Crippen LogP contribution in [0.3, 0.4) is 0 Å². The first-order chi connectivity index (χ1) is 20.0. The molecule has 0 spiro atoms. The molecule has 0 saturated carbocycles. The van der Waals surface area contributed by atoms with Crippen LogP contribution in [0.1, 0.15) is 44.1 Å². The number of hydrogen-bond acceptors (Lipinski definition) is 6. The molecule has 2 aromatic carbocycles. The van der Waals surface area contributed by atoms with Crippen molar-refractivity contribution in [2.24, 2.45) is 5.92 Å². The van der Waals surface area contributed by atoms with Gasteiger partial charge in [-0.1, -0.05) is 35.3 Å². The Morgan fingerprint density at radius 1 is 1.07 bits per heavy atom. The van der Waals surface area contributed by atoms with E-state index in [0.29, 0.717) is 65.7 Å². The maximum absolute atomic E-state index is 14.2. The molecule has 4 rings (SSSR count). The summed E-state index contributed by atoms with van der Waals surface area (Å²) in [7, 11) is 0. The minimum atomic E-state index is -0.593. The molecule has 0 bridgehead atoms. The van der Waals surface area contributed by atoms with E-state index in [9.17, 15) is 19.2 Å². The van der Waals surface area contributed by atoms with E-state index in [1.807, 2.05) is 20.8 Å². The first-order valence-electron chi connectivity index (χ1n) is 13.6. The van der Waals surface area contributed by atoms with Crippen molar-refractivity contribution in [3.05, 3.63) is 64.3 Å². The van der Waals surface area contributed by atoms with Crippen LogP contribution in [-0.2, 0) is 14.3 Å². The largest absolute Gasteiger partial charge is 0.444 e. The van der Waals surface area contributed by atoms with Gasteiger partial charge in [-0.15, -0.1) is 0 Å². The molecule has 1 aliphatic rings. The molecule has 0 atom stereocenters. The molecule has 3 aromatic rings. The van der Waals surface area contributed by atoms with Gasteiger partial charge in [0.25, 0.3) is 5.91 Å². The molecule has 2 heterocycles. The van der Waals surface area contributed by atoms with Gasteiger partial charge in [-0.3, -0.25) is 14.2 Å². The van der Waals surface area contributed by atoms with Gasteiger partial charge in [0.15, 0.2) is 11.5 Å². The lowest BCUT2D eigenvalue weighted by Crippen LogP contribution is -2.45. The molecule has 12 heteroatoms. The lowest BCUT2D eigenvalue weighted by molar-refractivity contribution is -0.108. The van der Waals surface area contributed by atoms with Crippen LogP contribution >= 0.6 is 23.2 Å². The first kappa shape index (κ1) is 31.1. The summed E-state index contributed by atoms with van der Waals surface area (Å²) in [5.41, 5.74) is 0.566. The predicted octanol–water partition coefficient (Wildman–Crippen LogP) is 5.70. The van der Waals surface area contributed by atoms with Gasteiger partial charge in [0.05, 0.1) is 11.6 Å². The van der Waals surface area contributed by atoms with Crippen molar-refractivity contribution in [2.75, 3.05) is 31.5 Å². The molecule has 0 unspecified atom stereocenters. The maximum Gasteiger partial charge on any atom is 0.410 e. The Labute approximate surface area is 254 Å². The number of carbonyl (C=O) groups excluding carboxylic acids is 4. The molecule has 1 N–H and O–H groups in total. The van der Waals surface area contributed by atoms with Gasteiger partial charge in [0, 0.05) is 35.9 Å². The monoisotopic (exact) mass is 613 g/mol. The minimum Gasteiger partial charge on any atom is -0.444 e. The molecule has 42 heavy (non-hydrogen) atoms.